The fraction of sp³-hybridized carbons (Fsp3) is 0.845. The monoisotopic (exact) mass is 1010 g/mol. The van der Waals surface area contributed by atoms with Gasteiger partial charge in [0.2, 0.25) is 0 Å². The molecule has 410 valence electrons. The van der Waals surface area contributed by atoms with Crippen molar-refractivity contribution in [3.8, 4) is 0 Å². The summed E-state index contributed by atoms with van der Waals surface area (Å²) < 4.78 is 39.5. The second-order valence-corrected chi connectivity index (χ2v) is 20.9. The number of carbonyl (C=O) groups excluding carboxylic acids is 3. The van der Waals surface area contributed by atoms with Crippen LogP contribution in [-0.2, 0) is 42.2 Å². The smallest absolute Gasteiger partial charge is 0.462 e. The molecule has 0 rings (SSSR count). The zero-order valence-corrected chi connectivity index (χ0v) is 46.1. The van der Waals surface area contributed by atoms with Crippen LogP contribution < -0.4 is 0 Å². The van der Waals surface area contributed by atoms with Crippen LogP contribution in [-0.4, -0.2) is 66.5 Å². The number of esters is 3. The molecule has 0 fully saturated rings. The van der Waals surface area contributed by atoms with E-state index < -0.39 is 57.8 Å². The van der Waals surface area contributed by atoms with Crippen LogP contribution in [0.15, 0.2) is 36.5 Å². The second kappa shape index (κ2) is 53.0. The molecule has 0 amide bonds. The Morgan fingerprint density at radius 3 is 1.11 bits per heavy atom. The number of phosphoric acid groups is 1. The summed E-state index contributed by atoms with van der Waals surface area (Å²) in [6, 6.07) is 0. The minimum absolute atomic E-state index is 0.160. The molecule has 11 nitrogen and oxygen atoms in total. The van der Waals surface area contributed by atoms with E-state index in [1.54, 1.807) is 0 Å². The lowest BCUT2D eigenvalue weighted by Gasteiger charge is -2.21. The van der Waals surface area contributed by atoms with Crippen molar-refractivity contribution in [1.29, 1.82) is 0 Å². The van der Waals surface area contributed by atoms with Crippen molar-refractivity contribution in [2.45, 2.75) is 290 Å². The molecule has 0 bridgehead atoms. The number of ether oxygens (including phenoxy) is 3. The highest BCUT2D eigenvalue weighted by Gasteiger charge is 2.28. The zero-order valence-electron chi connectivity index (χ0n) is 45.2. The van der Waals surface area contributed by atoms with E-state index in [9.17, 15) is 28.9 Å². The third-order valence-electron chi connectivity index (χ3n) is 12.5. The highest BCUT2D eigenvalue weighted by molar-refractivity contribution is 7.47. The standard InChI is InChI=1S/C58H107O11P/c1-4-7-10-13-16-19-22-24-25-26-27-28-29-31-33-35-38-41-44-47-56(60)65-51-55(69-58(62)49-46-43-40-37-34-30-23-20-17-14-11-8-5-2)53-67-70(63,64)66-52-54(50-59)68-57(61)48-45-42-39-36-32-21-18-15-12-9-6-3/h16,19-20,23-25,54-55,59H,4-15,17-18,21-22,26-53H2,1-3H3,(H,63,64)/b19-16-,23-20-,25-24-. The van der Waals surface area contributed by atoms with Gasteiger partial charge in [0.25, 0.3) is 0 Å². The van der Waals surface area contributed by atoms with Crippen LogP contribution in [0.3, 0.4) is 0 Å². The number of phosphoric ester groups is 1. The van der Waals surface area contributed by atoms with Gasteiger partial charge in [0.15, 0.2) is 6.10 Å². The van der Waals surface area contributed by atoms with E-state index in [1.807, 2.05) is 0 Å². The summed E-state index contributed by atoms with van der Waals surface area (Å²) >= 11 is 0. The maximum atomic E-state index is 12.9. The van der Waals surface area contributed by atoms with E-state index in [-0.39, 0.29) is 25.9 Å². The number of aliphatic hydroxyl groups is 1. The summed E-state index contributed by atoms with van der Waals surface area (Å²) in [5, 5.41) is 9.78. The number of aliphatic hydroxyl groups excluding tert-OH is 1. The number of hydrogen-bond acceptors (Lipinski definition) is 10. The van der Waals surface area contributed by atoms with Gasteiger partial charge in [-0.15, -0.1) is 0 Å². The SMILES string of the molecule is CCCCC/C=C\C/C=C\CCCCCCCCCCCC(=O)OCC(COP(=O)(O)OCC(CO)OC(=O)CCCCCCCCCCCCC)OC(=O)CCCCCCC/C=C\CCCCCC. The lowest BCUT2D eigenvalue weighted by molar-refractivity contribution is -0.161. The van der Waals surface area contributed by atoms with Gasteiger partial charge in [-0.1, -0.05) is 218 Å². The Bertz CT molecular complexity index is 1320. The minimum atomic E-state index is -4.74. The van der Waals surface area contributed by atoms with Crippen LogP contribution in [0.2, 0.25) is 0 Å². The molecule has 0 saturated heterocycles. The van der Waals surface area contributed by atoms with E-state index in [0.29, 0.717) is 19.3 Å². The van der Waals surface area contributed by atoms with Crippen molar-refractivity contribution in [3.05, 3.63) is 36.5 Å². The average molecular weight is 1010 g/mol. The molecule has 0 aromatic rings. The summed E-state index contributed by atoms with van der Waals surface area (Å²) in [6.07, 6.45) is 53.9. The molecule has 0 aliphatic carbocycles. The van der Waals surface area contributed by atoms with Gasteiger partial charge in [0, 0.05) is 19.3 Å². The second-order valence-electron chi connectivity index (χ2n) is 19.5. The van der Waals surface area contributed by atoms with Gasteiger partial charge in [-0.3, -0.25) is 23.4 Å². The van der Waals surface area contributed by atoms with Crippen molar-refractivity contribution in [1.82, 2.24) is 0 Å². The number of unbranched alkanes of at least 4 members (excludes halogenated alkanes) is 31. The fourth-order valence-corrected chi connectivity index (χ4v) is 8.87. The first-order chi connectivity index (χ1) is 34.2. The Balaban J connectivity index is 4.68. The molecule has 0 aliphatic heterocycles. The van der Waals surface area contributed by atoms with E-state index in [4.69, 9.17) is 23.3 Å². The number of allylic oxidation sites excluding steroid dienone is 6. The van der Waals surface area contributed by atoms with E-state index in [2.05, 4.69) is 57.2 Å². The van der Waals surface area contributed by atoms with E-state index in [0.717, 1.165) is 89.9 Å². The van der Waals surface area contributed by atoms with Gasteiger partial charge in [-0.05, 0) is 77.0 Å². The molecule has 0 spiro atoms. The van der Waals surface area contributed by atoms with Gasteiger partial charge in [0.1, 0.15) is 12.7 Å². The predicted octanol–water partition coefficient (Wildman–Crippen LogP) is 16.8. The lowest BCUT2D eigenvalue weighted by atomic mass is 10.1. The average Bonchev–Trinajstić information content (AvgIpc) is 3.35. The van der Waals surface area contributed by atoms with Crippen LogP contribution in [0.4, 0.5) is 0 Å². The number of carbonyl (C=O) groups is 3. The van der Waals surface area contributed by atoms with Crippen LogP contribution in [0.5, 0.6) is 0 Å². The maximum Gasteiger partial charge on any atom is 0.472 e. The maximum absolute atomic E-state index is 12.9. The van der Waals surface area contributed by atoms with Crippen molar-refractivity contribution in [2.75, 3.05) is 26.4 Å². The Morgan fingerprint density at radius 1 is 0.400 bits per heavy atom. The normalized spacial score (nSPS) is 13.6. The van der Waals surface area contributed by atoms with Crippen LogP contribution in [0.1, 0.15) is 278 Å². The topological polar surface area (TPSA) is 155 Å². The Labute approximate surface area is 429 Å². The first-order valence-corrected chi connectivity index (χ1v) is 30.4. The van der Waals surface area contributed by atoms with Gasteiger partial charge < -0.3 is 24.2 Å². The molecule has 3 atom stereocenters. The highest BCUT2D eigenvalue weighted by Crippen LogP contribution is 2.43. The minimum Gasteiger partial charge on any atom is -0.462 e. The Morgan fingerprint density at radius 2 is 0.700 bits per heavy atom. The van der Waals surface area contributed by atoms with Crippen molar-refractivity contribution in [3.63, 3.8) is 0 Å². The van der Waals surface area contributed by atoms with Gasteiger partial charge in [-0.2, -0.15) is 0 Å². The zero-order chi connectivity index (χ0) is 51.3. The molecule has 0 saturated carbocycles. The van der Waals surface area contributed by atoms with Crippen molar-refractivity contribution in [2.24, 2.45) is 0 Å². The Hall–Kier alpha value is -2.30. The number of rotatable bonds is 54. The third-order valence-corrected chi connectivity index (χ3v) is 13.5. The number of hydrogen-bond donors (Lipinski definition) is 2. The largest absolute Gasteiger partial charge is 0.472 e. The third kappa shape index (κ3) is 50.6. The van der Waals surface area contributed by atoms with Crippen molar-refractivity contribution >= 4 is 25.7 Å². The molecular formula is C58H107O11P. The highest BCUT2D eigenvalue weighted by atomic mass is 31.2. The quantitative estimate of drug-likeness (QED) is 0.0197. The van der Waals surface area contributed by atoms with Crippen LogP contribution >= 0.6 is 7.82 Å². The summed E-state index contributed by atoms with van der Waals surface area (Å²) in [6.45, 7) is 4.61. The van der Waals surface area contributed by atoms with Crippen molar-refractivity contribution < 1.29 is 52.2 Å². The van der Waals surface area contributed by atoms with Gasteiger partial charge in [-0.25, -0.2) is 4.57 Å². The molecule has 0 aromatic carbocycles. The summed E-state index contributed by atoms with van der Waals surface area (Å²) in [5.74, 6) is -1.46. The fourth-order valence-electron chi connectivity index (χ4n) is 8.09. The summed E-state index contributed by atoms with van der Waals surface area (Å²) in [5.41, 5.74) is 0. The van der Waals surface area contributed by atoms with Crippen LogP contribution in [0, 0.1) is 0 Å². The predicted molar refractivity (Wildman–Crippen MR) is 289 cm³/mol. The van der Waals surface area contributed by atoms with E-state index >= 15 is 0 Å². The molecule has 0 aliphatic rings. The summed E-state index contributed by atoms with van der Waals surface area (Å²) in [4.78, 5) is 48.4. The first-order valence-electron chi connectivity index (χ1n) is 28.9. The molecule has 0 radical (unpaired) electrons. The molecule has 0 aromatic heterocycles. The lowest BCUT2D eigenvalue weighted by Crippen LogP contribution is -2.30. The molecule has 3 unspecified atom stereocenters. The molecule has 70 heavy (non-hydrogen) atoms. The first kappa shape index (κ1) is 67.7. The molecule has 2 N–H and O–H groups in total. The molecule has 12 heteroatoms. The molecule has 0 heterocycles. The van der Waals surface area contributed by atoms with E-state index in [1.165, 1.54) is 128 Å². The van der Waals surface area contributed by atoms with Crippen LogP contribution in [0.25, 0.3) is 0 Å². The van der Waals surface area contributed by atoms with Gasteiger partial charge >= 0.3 is 25.7 Å². The Kier molecular flexibility index (Phi) is 51.3. The van der Waals surface area contributed by atoms with Gasteiger partial charge in [0.05, 0.1) is 19.8 Å². The summed E-state index contributed by atoms with van der Waals surface area (Å²) in [7, 11) is -4.74. The molecular weight excluding hydrogens is 904 g/mol.